The average molecular weight is 733 g/mol. The average Bonchev–Trinajstić information content (AvgIpc) is 3.11. The zero-order chi connectivity index (χ0) is 38.3. The fraction of sp³-hybridized carbons (Fsp3) is 0.535. The van der Waals surface area contributed by atoms with Crippen molar-refractivity contribution in [3.8, 4) is 0 Å². The van der Waals surface area contributed by atoms with Crippen LogP contribution in [-0.4, -0.2) is 78.3 Å². The summed E-state index contributed by atoms with van der Waals surface area (Å²) in [5.74, 6) is -1.07. The standard InChI is InChI=1S/C43H60N2O8/c1-42(2,3)52-35(47)24-23-34-39(49-28-31-17-10-7-11-18-31)37(44-25-16-26-46)41(51-30-33-21-14-9-15-22-33)38(45-27-36(48)53-43(4,5)6)40(34)50-29-32-19-12-8-13-20-32/h7-15,17-22,34,37-41,44-46H,16,23-30H2,1-6H3/t34-,37+,38-,39+,40-,41+/m1/s1. The second-order valence-electron chi connectivity index (χ2n) is 15.6. The normalized spacial score (nSPS) is 21.9. The summed E-state index contributed by atoms with van der Waals surface area (Å²) in [6.45, 7) is 12.4. The van der Waals surface area contributed by atoms with Gasteiger partial charge in [-0.2, -0.15) is 0 Å². The van der Waals surface area contributed by atoms with Crippen molar-refractivity contribution in [2.75, 3.05) is 19.7 Å². The number of hydrogen-bond donors (Lipinski definition) is 3. The van der Waals surface area contributed by atoms with Gasteiger partial charge in [-0.05, 0) is 77.6 Å². The summed E-state index contributed by atoms with van der Waals surface area (Å²) in [6.07, 6.45) is -0.608. The lowest BCUT2D eigenvalue weighted by atomic mass is 9.73. The maximum absolute atomic E-state index is 13.3. The molecule has 10 heteroatoms. The first-order chi connectivity index (χ1) is 25.3. The molecule has 0 amide bonds. The van der Waals surface area contributed by atoms with Crippen LogP contribution in [0.1, 0.15) is 77.5 Å². The largest absolute Gasteiger partial charge is 0.460 e. The van der Waals surface area contributed by atoms with E-state index >= 15 is 0 Å². The molecule has 1 aliphatic rings. The van der Waals surface area contributed by atoms with Crippen molar-refractivity contribution in [3.05, 3.63) is 108 Å². The highest BCUT2D eigenvalue weighted by Gasteiger charge is 2.52. The van der Waals surface area contributed by atoms with Crippen LogP contribution in [-0.2, 0) is 53.1 Å². The summed E-state index contributed by atoms with van der Waals surface area (Å²) >= 11 is 0. The van der Waals surface area contributed by atoms with Gasteiger partial charge in [-0.15, -0.1) is 0 Å². The Labute approximate surface area is 315 Å². The highest BCUT2D eigenvalue weighted by atomic mass is 16.6. The summed E-state index contributed by atoms with van der Waals surface area (Å²) in [7, 11) is 0. The number of esters is 2. The van der Waals surface area contributed by atoms with Crippen molar-refractivity contribution < 1.29 is 38.4 Å². The van der Waals surface area contributed by atoms with Crippen LogP contribution in [0, 0.1) is 5.92 Å². The molecule has 0 spiro atoms. The molecule has 3 aromatic rings. The molecule has 10 nitrogen and oxygen atoms in total. The van der Waals surface area contributed by atoms with Crippen molar-refractivity contribution in [2.24, 2.45) is 5.92 Å². The van der Waals surface area contributed by atoms with E-state index in [0.29, 0.717) is 39.2 Å². The minimum Gasteiger partial charge on any atom is -0.460 e. The van der Waals surface area contributed by atoms with Crippen LogP contribution in [0.4, 0.5) is 0 Å². The highest BCUT2D eigenvalue weighted by molar-refractivity contribution is 5.72. The summed E-state index contributed by atoms with van der Waals surface area (Å²) in [6, 6.07) is 28.8. The fourth-order valence-electron chi connectivity index (χ4n) is 6.68. The third-order valence-corrected chi connectivity index (χ3v) is 8.83. The van der Waals surface area contributed by atoms with E-state index in [0.717, 1.165) is 16.7 Å². The molecule has 0 aromatic heterocycles. The number of aliphatic hydroxyl groups is 1. The van der Waals surface area contributed by atoms with Gasteiger partial charge in [0, 0.05) is 18.9 Å². The van der Waals surface area contributed by atoms with Gasteiger partial charge in [0.2, 0.25) is 0 Å². The number of carbonyl (C=O) groups excluding carboxylic acids is 2. The molecule has 3 N–H and O–H groups in total. The van der Waals surface area contributed by atoms with Crippen LogP contribution in [0.15, 0.2) is 91.0 Å². The Balaban J connectivity index is 1.80. The van der Waals surface area contributed by atoms with Crippen molar-refractivity contribution in [3.63, 3.8) is 0 Å². The molecular weight excluding hydrogens is 672 g/mol. The first-order valence-electron chi connectivity index (χ1n) is 18.8. The maximum atomic E-state index is 13.3. The summed E-state index contributed by atoms with van der Waals surface area (Å²) in [5.41, 5.74) is 1.66. The van der Waals surface area contributed by atoms with Gasteiger partial charge in [0.15, 0.2) is 0 Å². The third-order valence-electron chi connectivity index (χ3n) is 8.83. The van der Waals surface area contributed by atoms with Gasteiger partial charge in [-0.3, -0.25) is 14.9 Å². The molecule has 0 unspecified atom stereocenters. The fourth-order valence-corrected chi connectivity index (χ4v) is 6.68. The van der Waals surface area contributed by atoms with E-state index in [2.05, 4.69) is 10.6 Å². The summed E-state index contributed by atoms with van der Waals surface area (Å²) < 4.78 is 32.2. The molecule has 6 atom stereocenters. The van der Waals surface area contributed by atoms with Gasteiger partial charge in [0.25, 0.3) is 0 Å². The molecule has 1 saturated carbocycles. The third kappa shape index (κ3) is 14.6. The molecule has 0 radical (unpaired) electrons. The van der Waals surface area contributed by atoms with E-state index in [4.69, 9.17) is 23.7 Å². The number of benzene rings is 3. The lowest BCUT2D eigenvalue weighted by molar-refractivity contribution is -0.183. The SMILES string of the molecule is CC(C)(C)OC(=O)CC[C@H]1[C@@H](OCc2ccccc2)[C@@H](NCC(=O)OC(C)(C)C)[C@@H](OCc2ccccc2)[C@@H](NCCCO)[C@H]1OCc1ccccc1. The van der Waals surface area contributed by atoms with Gasteiger partial charge in [-0.1, -0.05) is 91.0 Å². The molecule has 1 aliphatic carbocycles. The Kier molecular flexibility index (Phi) is 16.5. The van der Waals surface area contributed by atoms with Crippen LogP contribution < -0.4 is 10.6 Å². The topological polar surface area (TPSA) is 125 Å². The van der Waals surface area contributed by atoms with E-state index in [1.807, 2.05) is 133 Å². The Bertz CT molecular complexity index is 1410. The van der Waals surface area contributed by atoms with Crippen molar-refractivity contribution in [1.82, 2.24) is 10.6 Å². The molecular formula is C43H60N2O8. The van der Waals surface area contributed by atoms with Gasteiger partial charge < -0.3 is 34.1 Å². The predicted molar refractivity (Wildman–Crippen MR) is 205 cm³/mol. The van der Waals surface area contributed by atoms with Crippen molar-refractivity contribution >= 4 is 11.9 Å². The van der Waals surface area contributed by atoms with Gasteiger partial charge in [-0.25, -0.2) is 0 Å². The molecule has 4 rings (SSSR count). The minimum absolute atomic E-state index is 0.00993. The molecule has 3 aromatic carbocycles. The predicted octanol–water partition coefficient (Wildman–Crippen LogP) is 6.13. The number of hydrogen-bond acceptors (Lipinski definition) is 10. The molecule has 0 saturated heterocycles. The second-order valence-corrected chi connectivity index (χ2v) is 15.6. The lowest BCUT2D eigenvalue weighted by Crippen LogP contribution is -2.70. The molecule has 0 bridgehead atoms. The first kappa shape index (κ1) is 42.1. The number of nitrogens with one attached hydrogen (secondary N) is 2. The van der Waals surface area contributed by atoms with Crippen LogP contribution in [0.25, 0.3) is 0 Å². The number of carbonyl (C=O) groups is 2. The van der Waals surface area contributed by atoms with E-state index in [1.165, 1.54) is 0 Å². The number of rotatable bonds is 19. The van der Waals surface area contributed by atoms with E-state index < -0.39 is 47.6 Å². The number of aliphatic hydroxyl groups excluding tert-OH is 1. The van der Waals surface area contributed by atoms with E-state index in [9.17, 15) is 14.7 Å². The smallest absolute Gasteiger partial charge is 0.320 e. The molecule has 290 valence electrons. The monoisotopic (exact) mass is 732 g/mol. The van der Waals surface area contributed by atoms with E-state index in [-0.39, 0.29) is 31.5 Å². The Morgan fingerprint density at radius 2 is 1.02 bits per heavy atom. The zero-order valence-electron chi connectivity index (χ0n) is 32.3. The molecule has 53 heavy (non-hydrogen) atoms. The van der Waals surface area contributed by atoms with E-state index in [1.54, 1.807) is 0 Å². The maximum Gasteiger partial charge on any atom is 0.320 e. The Hall–Kier alpha value is -3.64. The number of ether oxygens (including phenoxy) is 5. The summed E-state index contributed by atoms with van der Waals surface area (Å²) in [4.78, 5) is 26.5. The summed E-state index contributed by atoms with van der Waals surface area (Å²) in [5, 5.41) is 17.0. The van der Waals surface area contributed by atoms with Gasteiger partial charge in [0.1, 0.15) is 11.2 Å². The lowest BCUT2D eigenvalue weighted by Gasteiger charge is -2.51. The Morgan fingerprint density at radius 3 is 1.45 bits per heavy atom. The highest BCUT2D eigenvalue weighted by Crippen LogP contribution is 2.37. The zero-order valence-corrected chi connectivity index (χ0v) is 32.3. The molecule has 0 aliphatic heterocycles. The van der Waals surface area contributed by atoms with Crippen LogP contribution in [0.5, 0.6) is 0 Å². The van der Waals surface area contributed by atoms with Crippen LogP contribution in [0.2, 0.25) is 0 Å². The van der Waals surface area contributed by atoms with Gasteiger partial charge in [0.05, 0.1) is 56.8 Å². The van der Waals surface area contributed by atoms with Crippen LogP contribution in [0.3, 0.4) is 0 Å². The minimum atomic E-state index is -0.668. The first-order valence-corrected chi connectivity index (χ1v) is 18.8. The van der Waals surface area contributed by atoms with Crippen molar-refractivity contribution in [2.45, 2.75) is 122 Å². The van der Waals surface area contributed by atoms with Gasteiger partial charge >= 0.3 is 11.9 Å². The Morgan fingerprint density at radius 1 is 0.604 bits per heavy atom. The van der Waals surface area contributed by atoms with Crippen molar-refractivity contribution in [1.29, 1.82) is 0 Å². The molecule has 1 fully saturated rings. The second kappa shape index (κ2) is 20.7. The quantitative estimate of drug-likeness (QED) is 0.0979. The van der Waals surface area contributed by atoms with Crippen LogP contribution >= 0.6 is 0 Å². The molecule has 0 heterocycles.